The van der Waals surface area contributed by atoms with E-state index in [0.29, 0.717) is 16.1 Å². The molecule has 16 heavy (non-hydrogen) atoms. The number of benzene rings is 1. The third-order valence-electron chi connectivity index (χ3n) is 3.10. The standard InChI is InChI=1S/C13H12ClNO/c14-12-7-10(5-6-11(12)8-15)13(16)9-3-1-2-4-9/h5-7,9H,1-4H2. The molecule has 3 heteroatoms. The second-order valence-electron chi connectivity index (χ2n) is 4.15. The average molecular weight is 234 g/mol. The van der Waals surface area contributed by atoms with Crippen molar-refractivity contribution in [1.82, 2.24) is 0 Å². The number of hydrogen-bond acceptors (Lipinski definition) is 2. The molecule has 1 fully saturated rings. The van der Waals surface area contributed by atoms with Crippen LogP contribution in [0.4, 0.5) is 0 Å². The van der Waals surface area contributed by atoms with Gasteiger partial charge in [0.25, 0.3) is 0 Å². The Bertz CT molecular complexity index is 455. The van der Waals surface area contributed by atoms with Crippen LogP contribution in [-0.4, -0.2) is 5.78 Å². The first-order valence-electron chi connectivity index (χ1n) is 5.46. The number of halogens is 1. The van der Waals surface area contributed by atoms with E-state index in [-0.39, 0.29) is 11.7 Å². The van der Waals surface area contributed by atoms with Crippen LogP contribution < -0.4 is 0 Å². The van der Waals surface area contributed by atoms with Crippen LogP contribution in [-0.2, 0) is 0 Å². The molecule has 0 spiro atoms. The molecule has 0 unspecified atom stereocenters. The minimum atomic E-state index is 0.156. The van der Waals surface area contributed by atoms with Crippen molar-refractivity contribution in [2.24, 2.45) is 5.92 Å². The topological polar surface area (TPSA) is 40.9 Å². The summed E-state index contributed by atoms with van der Waals surface area (Å²) in [5.41, 5.74) is 1.06. The zero-order chi connectivity index (χ0) is 11.5. The van der Waals surface area contributed by atoms with E-state index >= 15 is 0 Å². The Kier molecular flexibility index (Phi) is 3.26. The molecule has 1 aromatic carbocycles. The van der Waals surface area contributed by atoms with Gasteiger partial charge in [0, 0.05) is 11.5 Å². The molecule has 2 rings (SSSR count). The highest BCUT2D eigenvalue weighted by atomic mass is 35.5. The fourth-order valence-electron chi connectivity index (χ4n) is 2.18. The van der Waals surface area contributed by atoms with Gasteiger partial charge in [-0.05, 0) is 31.0 Å². The first-order valence-corrected chi connectivity index (χ1v) is 5.84. The van der Waals surface area contributed by atoms with Crippen LogP contribution in [0.5, 0.6) is 0 Å². The van der Waals surface area contributed by atoms with Gasteiger partial charge in [-0.2, -0.15) is 5.26 Å². The summed E-state index contributed by atoms with van der Waals surface area (Å²) < 4.78 is 0. The van der Waals surface area contributed by atoms with E-state index in [1.807, 2.05) is 6.07 Å². The Balaban J connectivity index is 2.24. The van der Waals surface area contributed by atoms with Crippen molar-refractivity contribution in [1.29, 1.82) is 5.26 Å². The Morgan fingerprint density at radius 3 is 2.62 bits per heavy atom. The number of ketones is 1. The van der Waals surface area contributed by atoms with Gasteiger partial charge in [-0.25, -0.2) is 0 Å². The zero-order valence-electron chi connectivity index (χ0n) is 8.87. The van der Waals surface area contributed by atoms with Crippen LogP contribution in [0.25, 0.3) is 0 Å². The van der Waals surface area contributed by atoms with Gasteiger partial charge in [0.15, 0.2) is 5.78 Å². The summed E-state index contributed by atoms with van der Waals surface area (Å²) in [4.78, 5) is 12.1. The molecule has 1 aromatic rings. The van der Waals surface area contributed by atoms with Gasteiger partial charge >= 0.3 is 0 Å². The third-order valence-corrected chi connectivity index (χ3v) is 3.41. The van der Waals surface area contributed by atoms with E-state index in [1.165, 1.54) is 0 Å². The molecule has 0 radical (unpaired) electrons. The predicted molar refractivity (Wildman–Crippen MR) is 62.5 cm³/mol. The molecule has 0 amide bonds. The Labute approximate surface area is 99.8 Å². The molecule has 1 aliphatic carbocycles. The van der Waals surface area contributed by atoms with Gasteiger partial charge in [-0.1, -0.05) is 24.4 Å². The molecule has 0 heterocycles. The van der Waals surface area contributed by atoms with Gasteiger partial charge < -0.3 is 0 Å². The Morgan fingerprint density at radius 2 is 2.06 bits per heavy atom. The molecule has 0 atom stereocenters. The molecule has 82 valence electrons. The highest BCUT2D eigenvalue weighted by Gasteiger charge is 2.24. The summed E-state index contributed by atoms with van der Waals surface area (Å²) in [7, 11) is 0. The predicted octanol–water partition coefficient (Wildman–Crippen LogP) is 3.58. The van der Waals surface area contributed by atoms with Crippen LogP contribution in [0, 0.1) is 17.2 Å². The maximum atomic E-state index is 12.1. The molecule has 0 aliphatic heterocycles. The number of nitrogens with zero attached hydrogens (tertiary/aromatic N) is 1. The molecule has 1 saturated carbocycles. The number of rotatable bonds is 2. The highest BCUT2D eigenvalue weighted by Crippen LogP contribution is 2.29. The normalized spacial score (nSPS) is 16.0. The zero-order valence-corrected chi connectivity index (χ0v) is 9.63. The molecule has 1 aliphatic rings. The minimum absolute atomic E-state index is 0.156. The summed E-state index contributed by atoms with van der Waals surface area (Å²) in [5, 5.41) is 9.11. The van der Waals surface area contributed by atoms with Crippen LogP contribution >= 0.6 is 11.6 Å². The van der Waals surface area contributed by atoms with Crippen molar-refractivity contribution in [3.05, 3.63) is 34.3 Å². The quantitative estimate of drug-likeness (QED) is 0.733. The lowest BCUT2D eigenvalue weighted by molar-refractivity contribution is 0.0923. The van der Waals surface area contributed by atoms with Gasteiger partial charge in [0.1, 0.15) is 6.07 Å². The molecule has 0 bridgehead atoms. The van der Waals surface area contributed by atoms with Gasteiger partial charge in [-0.3, -0.25) is 4.79 Å². The summed E-state index contributed by atoms with van der Waals surface area (Å²) in [5.74, 6) is 0.327. The van der Waals surface area contributed by atoms with Gasteiger partial charge in [0.2, 0.25) is 0 Å². The fourth-order valence-corrected chi connectivity index (χ4v) is 2.41. The Morgan fingerprint density at radius 1 is 1.38 bits per heavy atom. The minimum Gasteiger partial charge on any atom is -0.294 e. The van der Waals surface area contributed by atoms with Crippen LogP contribution in [0.3, 0.4) is 0 Å². The fraction of sp³-hybridized carbons (Fsp3) is 0.385. The van der Waals surface area contributed by atoms with E-state index < -0.39 is 0 Å². The number of nitriles is 1. The third kappa shape index (κ3) is 2.10. The van der Waals surface area contributed by atoms with Crippen LogP contribution in [0.2, 0.25) is 5.02 Å². The summed E-state index contributed by atoms with van der Waals surface area (Å²) in [6, 6.07) is 6.91. The van der Waals surface area contributed by atoms with E-state index in [0.717, 1.165) is 25.7 Å². The maximum Gasteiger partial charge on any atom is 0.165 e. The largest absolute Gasteiger partial charge is 0.294 e. The van der Waals surface area contributed by atoms with E-state index in [9.17, 15) is 4.79 Å². The molecule has 0 N–H and O–H groups in total. The van der Waals surface area contributed by atoms with Crippen molar-refractivity contribution >= 4 is 17.4 Å². The van der Waals surface area contributed by atoms with Crippen molar-refractivity contribution in [3.63, 3.8) is 0 Å². The molecule has 0 aromatic heterocycles. The molecule has 2 nitrogen and oxygen atoms in total. The van der Waals surface area contributed by atoms with E-state index in [1.54, 1.807) is 18.2 Å². The first kappa shape index (κ1) is 11.2. The smallest absolute Gasteiger partial charge is 0.165 e. The van der Waals surface area contributed by atoms with E-state index in [4.69, 9.17) is 16.9 Å². The summed E-state index contributed by atoms with van der Waals surface area (Å²) >= 11 is 5.91. The number of carbonyl (C=O) groups excluding carboxylic acids is 1. The average Bonchev–Trinajstić information content (AvgIpc) is 2.81. The van der Waals surface area contributed by atoms with E-state index in [2.05, 4.69) is 0 Å². The van der Waals surface area contributed by atoms with Crippen LogP contribution in [0.15, 0.2) is 18.2 Å². The molecule has 0 saturated heterocycles. The van der Waals surface area contributed by atoms with Crippen molar-refractivity contribution in [2.75, 3.05) is 0 Å². The number of carbonyl (C=O) groups is 1. The lowest BCUT2D eigenvalue weighted by Crippen LogP contribution is -2.10. The van der Waals surface area contributed by atoms with Crippen molar-refractivity contribution in [2.45, 2.75) is 25.7 Å². The van der Waals surface area contributed by atoms with Crippen molar-refractivity contribution < 1.29 is 4.79 Å². The second kappa shape index (κ2) is 4.67. The first-order chi connectivity index (χ1) is 7.72. The number of hydrogen-bond donors (Lipinski definition) is 0. The molecular weight excluding hydrogens is 222 g/mol. The Hall–Kier alpha value is -1.33. The lowest BCUT2D eigenvalue weighted by Gasteiger charge is -2.08. The number of Topliss-reactive ketones (excluding diaryl/α,β-unsaturated/α-hetero) is 1. The van der Waals surface area contributed by atoms with Crippen LogP contribution in [0.1, 0.15) is 41.6 Å². The highest BCUT2D eigenvalue weighted by molar-refractivity contribution is 6.32. The van der Waals surface area contributed by atoms with Crippen molar-refractivity contribution in [3.8, 4) is 6.07 Å². The monoisotopic (exact) mass is 233 g/mol. The summed E-state index contributed by atoms with van der Waals surface area (Å²) in [6.45, 7) is 0. The lowest BCUT2D eigenvalue weighted by atomic mass is 9.96. The second-order valence-corrected chi connectivity index (χ2v) is 4.56. The summed E-state index contributed by atoms with van der Waals surface area (Å²) in [6.07, 6.45) is 4.24. The maximum absolute atomic E-state index is 12.1. The SMILES string of the molecule is N#Cc1ccc(C(=O)C2CCCC2)cc1Cl. The van der Waals surface area contributed by atoms with Gasteiger partial charge in [-0.15, -0.1) is 0 Å². The van der Waals surface area contributed by atoms with Gasteiger partial charge in [0.05, 0.1) is 10.6 Å². The molecular formula is C13H12ClNO.